The van der Waals surface area contributed by atoms with E-state index in [0.717, 1.165) is 74.7 Å². The first kappa shape index (κ1) is 31.9. The maximum absolute atomic E-state index is 13.6. The summed E-state index contributed by atoms with van der Waals surface area (Å²) in [5, 5.41) is 5.69. The van der Waals surface area contributed by atoms with Gasteiger partial charge in [0.15, 0.2) is 0 Å². The number of amides is 4. The number of esters is 1. The van der Waals surface area contributed by atoms with Crippen LogP contribution in [0, 0.1) is 5.92 Å². The Morgan fingerprint density at radius 1 is 0.891 bits per heavy atom. The highest BCUT2D eigenvalue weighted by Crippen LogP contribution is 2.37. The molecular weight excluding hydrogens is 586 g/mol. The number of rotatable bonds is 7. The molecular formula is C35H43N5O6. The van der Waals surface area contributed by atoms with Crippen molar-refractivity contribution < 1.29 is 28.7 Å². The lowest BCUT2D eigenvalue weighted by atomic mass is 9.86. The van der Waals surface area contributed by atoms with Crippen LogP contribution in [0.15, 0.2) is 42.5 Å². The lowest BCUT2D eigenvalue weighted by molar-refractivity contribution is -0.136. The topological polar surface area (TPSA) is 128 Å². The van der Waals surface area contributed by atoms with E-state index in [1.54, 1.807) is 6.07 Å². The molecule has 0 spiro atoms. The van der Waals surface area contributed by atoms with E-state index in [9.17, 15) is 24.0 Å². The van der Waals surface area contributed by atoms with E-state index < -0.39 is 29.4 Å². The zero-order chi connectivity index (χ0) is 32.6. The van der Waals surface area contributed by atoms with Gasteiger partial charge in [0.25, 0.3) is 11.8 Å². The number of benzene rings is 2. The van der Waals surface area contributed by atoms with Crippen molar-refractivity contribution in [3.8, 4) is 0 Å². The van der Waals surface area contributed by atoms with E-state index in [2.05, 4.69) is 20.4 Å². The van der Waals surface area contributed by atoms with Gasteiger partial charge in [-0.1, -0.05) is 6.07 Å². The van der Waals surface area contributed by atoms with Gasteiger partial charge in [0, 0.05) is 57.4 Å². The molecule has 0 bridgehead atoms. The molecule has 3 saturated heterocycles. The predicted octanol–water partition coefficient (Wildman–Crippen LogP) is 3.30. The molecule has 4 amide bonds. The Bertz CT molecular complexity index is 1520. The third-order valence-corrected chi connectivity index (χ3v) is 9.48. The minimum Gasteiger partial charge on any atom is -0.456 e. The molecule has 2 atom stereocenters. The maximum Gasteiger partial charge on any atom is 0.338 e. The molecule has 0 saturated carbocycles. The number of piperazine rings is 1. The van der Waals surface area contributed by atoms with E-state index in [4.69, 9.17) is 4.74 Å². The number of piperidine rings is 2. The first-order chi connectivity index (χ1) is 22.0. The molecule has 2 aromatic rings. The summed E-state index contributed by atoms with van der Waals surface area (Å²) in [5.41, 5.74) is 2.74. The Balaban J connectivity index is 1.14. The summed E-state index contributed by atoms with van der Waals surface area (Å²) in [5.74, 6) is -1.79. The largest absolute Gasteiger partial charge is 0.456 e. The fraction of sp³-hybridized carbons (Fsp3) is 0.514. The van der Waals surface area contributed by atoms with Crippen LogP contribution in [-0.2, 0) is 14.3 Å². The summed E-state index contributed by atoms with van der Waals surface area (Å²) in [6, 6.07) is 12.3. The Morgan fingerprint density at radius 3 is 2.22 bits per heavy atom. The van der Waals surface area contributed by atoms with E-state index in [1.807, 2.05) is 57.2 Å². The molecule has 2 unspecified atom stereocenters. The van der Waals surface area contributed by atoms with Crippen molar-refractivity contribution in [1.29, 1.82) is 0 Å². The summed E-state index contributed by atoms with van der Waals surface area (Å²) in [7, 11) is 0. The van der Waals surface area contributed by atoms with Crippen molar-refractivity contribution in [2.45, 2.75) is 70.6 Å². The molecule has 46 heavy (non-hydrogen) atoms. The Hall–Kier alpha value is -4.09. The number of nitrogens with zero attached hydrogens (tertiary/aromatic N) is 3. The highest BCUT2D eigenvalue weighted by atomic mass is 16.6. The van der Waals surface area contributed by atoms with Gasteiger partial charge in [0.1, 0.15) is 11.6 Å². The van der Waals surface area contributed by atoms with Crippen molar-refractivity contribution >= 4 is 35.3 Å². The van der Waals surface area contributed by atoms with Gasteiger partial charge in [-0.05, 0) is 94.3 Å². The highest BCUT2D eigenvalue weighted by molar-refractivity contribution is 6.23. The number of hydrogen-bond acceptors (Lipinski definition) is 9. The van der Waals surface area contributed by atoms with Crippen LogP contribution in [0.3, 0.4) is 0 Å². The standard InChI is InChI=1S/C35H43N5O6/c1-35(2,3)46-34(45)23-4-7-25(8-5-23)38-16-12-22(13-17-38)20-29(39-18-14-36-15-19-39)24-6-9-26-27(21-24)33(44)40(32(26)43)28-10-11-30(41)37-31(28)42/h4-9,21-22,28-29,36H,10-20H2,1-3H3,(H,37,41,42). The number of fused-ring (bicyclic) bond motifs is 1. The first-order valence-electron chi connectivity index (χ1n) is 16.4. The monoisotopic (exact) mass is 629 g/mol. The summed E-state index contributed by atoms with van der Waals surface area (Å²) in [6.45, 7) is 10.9. The zero-order valence-electron chi connectivity index (χ0n) is 26.8. The van der Waals surface area contributed by atoms with Crippen molar-refractivity contribution in [2.24, 2.45) is 5.92 Å². The summed E-state index contributed by atoms with van der Waals surface area (Å²) in [4.78, 5) is 69.3. The van der Waals surface area contributed by atoms with Gasteiger partial charge in [0.05, 0.1) is 16.7 Å². The molecule has 0 aromatic heterocycles. The van der Waals surface area contributed by atoms with E-state index in [-0.39, 0.29) is 30.8 Å². The molecule has 4 aliphatic heterocycles. The van der Waals surface area contributed by atoms with Gasteiger partial charge in [-0.3, -0.25) is 34.3 Å². The van der Waals surface area contributed by atoms with Gasteiger partial charge < -0.3 is 15.0 Å². The minimum atomic E-state index is -0.976. The quantitative estimate of drug-likeness (QED) is 0.350. The van der Waals surface area contributed by atoms with Crippen LogP contribution in [0.5, 0.6) is 0 Å². The van der Waals surface area contributed by atoms with Crippen LogP contribution >= 0.6 is 0 Å². The average Bonchev–Trinajstić information content (AvgIpc) is 3.28. The second-order valence-electron chi connectivity index (χ2n) is 13.8. The van der Waals surface area contributed by atoms with Crippen LogP contribution < -0.4 is 15.5 Å². The van der Waals surface area contributed by atoms with Gasteiger partial charge >= 0.3 is 5.97 Å². The molecule has 2 N–H and O–H groups in total. The fourth-order valence-electron chi connectivity index (χ4n) is 7.07. The zero-order valence-corrected chi connectivity index (χ0v) is 26.8. The van der Waals surface area contributed by atoms with E-state index in [1.165, 1.54) is 0 Å². The normalized spacial score (nSPS) is 22.1. The number of hydrogen-bond donors (Lipinski definition) is 2. The van der Waals surface area contributed by atoms with Crippen LogP contribution in [0.1, 0.15) is 95.6 Å². The Morgan fingerprint density at radius 2 is 1.57 bits per heavy atom. The van der Waals surface area contributed by atoms with Crippen molar-refractivity contribution in [3.63, 3.8) is 0 Å². The number of carbonyl (C=O) groups is 5. The Kier molecular flexibility index (Phi) is 8.98. The highest BCUT2D eigenvalue weighted by Gasteiger charge is 2.45. The minimum absolute atomic E-state index is 0.0876. The van der Waals surface area contributed by atoms with E-state index in [0.29, 0.717) is 22.6 Å². The second-order valence-corrected chi connectivity index (χ2v) is 13.8. The van der Waals surface area contributed by atoms with Crippen molar-refractivity contribution in [2.75, 3.05) is 44.2 Å². The number of anilines is 1. The van der Waals surface area contributed by atoms with Gasteiger partial charge in [-0.15, -0.1) is 0 Å². The van der Waals surface area contributed by atoms with Gasteiger partial charge in [0.2, 0.25) is 11.8 Å². The summed E-state index contributed by atoms with van der Waals surface area (Å²) in [6.07, 6.45) is 3.20. The SMILES string of the molecule is CC(C)(C)OC(=O)c1ccc(N2CCC(CC(c3ccc4c(c3)C(=O)N(C3CCC(=O)NC3=O)C4=O)N3CCNCC3)CC2)cc1. The van der Waals surface area contributed by atoms with Crippen LogP contribution in [-0.4, -0.2) is 90.3 Å². The van der Waals surface area contributed by atoms with Crippen LogP contribution in [0.2, 0.25) is 0 Å². The van der Waals surface area contributed by atoms with Crippen molar-refractivity contribution in [1.82, 2.24) is 20.4 Å². The lowest BCUT2D eigenvalue weighted by Crippen LogP contribution is -2.54. The number of imide groups is 2. The van der Waals surface area contributed by atoms with Gasteiger partial charge in [-0.2, -0.15) is 0 Å². The molecule has 3 fully saturated rings. The summed E-state index contributed by atoms with van der Waals surface area (Å²) >= 11 is 0. The molecule has 244 valence electrons. The molecule has 11 heteroatoms. The number of carbonyl (C=O) groups excluding carboxylic acids is 5. The van der Waals surface area contributed by atoms with Crippen molar-refractivity contribution in [3.05, 3.63) is 64.7 Å². The third kappa shape index (κ3) is 6.71. The number of ether oxygens (including phenoxy) is 1. The van der Waals surface area contributed by atoms with Crippen LogP contribution in [0.25, 0.3) is 0 Å². The second kappa shape index (κ2) is 13.0. The molecule has 0 aliphatic carbocycles. The Labute approximate surface area is 269 Å². The molecule has 4 aliphatic rings. The molecule has 6 rings (SSSR count). The molecule has 2 aromatic carbocycles. The summed E-state index contributed by atoms with van der Waals surface area (Å²) < 4.78 is 5.50. The van der Waals surface area contributed by atoms with E-state index >= 15 is 0 Å². The molecule has 0 radical (unpaired) electrons. The third-order valence-electron chi connectivity index (χ3n) is 9.48. The fourth-order valence-corrected chi connectivity index (χ4v) is 7.07. The average molecular weight is 630 g/mol. The smallest absolute Gasteiger partial charge is 0.338 e. The lowest BCUT2D eigenvalue weighted by Gasteiger charge is -2.40. The van der Waals surface area contributed by atoms with Crippen LogP contribution in [0.4, 0.5) is 5.69 Å². The first-order valence-corrected chi connectivity index (χ1v) is 16.4. The maximum atomic E-state index is 13.6. The molecule has 11 nitrogen and oxygen atoms in total. The molecule has 4 heterocycles. The van der Waals surface area contributed by atoms with Gasteiger partial charge in [-0.25, -0.2) is 4.79 Å². The number of nitrogens with one attached hydrogen (secondary N) is 2. The predicted molar refractivity (Wildman–Crippen MR) is 171 cm³/mol.